The second-order valence-corrected chi connectivity index (χ2v) is 5.38. The minimum absolute atomic E-state index is 0.793. The first-order chi connectivity index (χ1) is 12.7. The highest BCUT2D eigenvalue weighted by Crippen LogP contribution is 2.19. The lowest BCUT2D eigenvalue weighted by Crippen LogP contribution is -1.87. The maximum atomic E-state index is 4.24. The van der Waals surface area contributed by atoms with Crippen LogP contribution < -0.4 is 0 Å². The quantitative estimate of drug-likeness (QED) is 0.478. The van der Waals surface area contributed by atoms with Crippen LogP contribution in [-0.4, -0.2) is 9.97 Å². The molecular formula is C24H30N2. The molecule has 0 saturated heterocycles. The molecule has 2 aromatic carbocycles. The predicted octanol–water partition coefficient (Wildman–Crippen LogP) is 6.98. The molecule has 1 heterocycles. The zero-order valence-corrected chi connectivity index (χ0v) is 16.8. The Hall–Kier alpha value is -2.74. The van der Waals surface area contributed by atoms with Crippen molar-refractivity contribution in [2.75, 3.05) is 0 Å². The lowest BCUT2D eigenvalue weighted by Gasteiger charge is -2.02. The first kappa shape index (κ1) is 21.3. The van der Waals surface area contributed by atoms with Gasteiger partial charge in [0.25, 0.3) is 0 Å². The van der Waals surface area contributed by atoms with Gasteiger partial charge in [-0.25, -0.2) is 9.97 Å². The molecule has 26 heavy (non-hydrogen) atoms. The van der Waals surface area contributed by atoms with E-state index in [1.54, 1.807) is 0 Å². The van der Waals surface area contributed by atoms with Gasteiger partial charge in [0.1, 0.15) is 5.82 Å². The average Bonchev–Trinajstić information content (AvgIpc) is 2.72. The summed E-state index contributed by atoms with van der Waals surface area (Å²) in [6, 6.07) is 16.9. The van der Waals surface area contributed by atoms with E-state index in [2.05, 4.69) is 77.6 Å². The number of hydrogen-bond donors (Lipinski definition) is 0. The number of nitrogens with zero attached hydrogens (tertiary/aromatic N) is 2. The molecule has 0 amide bonds. The molecule has 2 heteroatoms. The number of benzene rings is 2. The number of aryl methyl sites for hydroxylation is 2. The highest BCUT2D eigenvalue weighted by molar-refractivity contribution is 5.71. The minimum Gasteiger partial charge on any atom is -0.241 e. The van der Waals surface area contributed by atoms with E-state index in [1.807, 2.05) is 47.0 Å². The van der Waals surface area contributed by atoms with Crippen molar-refractivity contribution in [3.05, 3.63) is 83.4 Å². The molecule has 0 bridgehead atoms. The zero-order valence-electron chi connectivity index (χ0n) is 16.8. The molecule has 0 radical (unpaired) electrons. The monoisotopic (exact) mass is 346 g/mol. The molecule has 0 aliphatic carbocycles. The second-order valence-electron chi connectivity index (χ2n) is 5.38. The van der Waals surface area contributed by atoms with E-state index in [0.29, 0.717) is 0 Å². The molecule has 3 aromatic rings. The molecule has 0 aliphatic rings. The molecule has 2 nitrogen and oxygen atoms in total. The molecule has 0 atom stereocenters. The van der Waals surface area contributed by atoms with Gasteiger partial charge in [-0.2, -0.15) is 0 Å². The highest BCUT2D eigenvalue weighted by Gasteiger charge is 1.98. The van der Waals surface area contributed by atoms with Gasteiger partial charge >= 0.3 is 0 Å². The lowest BCUT2D eigenvalue weighted by molar-refractivity contribution is 1.06. The Bertz CT molecular complexity index is 768. The van der Waals surface area contributed by atoms with Crippen molar-refractivity contribution in [1.82, 2.24) is 9.97 Å². The molecule has 0 unspecified atom stereocenters. The van der Waals surface area contributed by atoms with Crippen LogP contribution in [0.1, 0.15) is 50.2 Å². The van der Waals surface area contributed by atoms with Crippen LogP contribution >= 0.6 is 0 Å². The van der Waals surface area contributed by atoms with Crippen LogP contribution in [0.4, 0.5) is 0 Å². The summed E-state index contributed by atoms with van der Waals surface area (Å²) in [5.41, 5.74) is 5.84. The van der Waals surface area contributed by atoms with Crippen LogP contribution in [0.15, 0.2) is 60.9 Å². The van der Waals surface area contributed by atoms with E-state index < -0.39 is 0 Å². The largest absolute Gasteiger partial charge is 0.241 e. The zero-order chi connectivity index (χ0) is 19.4. The van der Waals surface area contributed by atoms with Crippen LogP contribution in [0.3, 0.4) is 0 Å². The first-order valence-electron chi connectivity index (χ1n) is 9.34. The van der Waals surface area contributed by atoms with Crippen molar-refractivity contribution < 1.29 is 0 Å². The van der Waals surface area contributed by atoms with E-state index in [-0.39, 0.29) is 0 Å². The van der Waals surface area contributed by atoms with E-state index in [4.69, 9.17) is 0 Å². The molecule has 3 rings (SSSR count). The SMILES string of the molecule is CC.CC.Cc1ccc(/C=C/c2ccc(-c3cnc(C)nc3)cc2)cc1. The van der Waals surface area contributed by atoms with Gasteiger partial charge in [0.2, 0.25) is 0 Å². The number of rotatable bonds is 3. The Morgan fingerprint density at radius 1 is 0.577 bits per heavy atom. The Balaban J connectivity index is 0.000000791. The maximum Gasteiger partial charge on any atom is 0.125 e. The van der Waals surface area contributed by atoms with Gasteiger partial charge in [-0.1, -0.05) is 93.9 Å². The molecule has 0 spiro atoms. The summed E-state index contributed by atoms with van der Waals surface area (Å²) in [4.78, 5) is 8.47. The van der Waals surface area contributed by atoms with E-state index in [1.165, 1.54) is 16.7 Å². The number of aromatic nitrogens is 2. The third kappa shape index (κ3) is 6.64. The summed E-state index contributed by atoms with van der Waals surface area (Å²) >= 11 is 0. The van der Waals surface area contributed by atoms with Crippen molar-refractivity contribution >= 4 is 12.2 Å². The Kier molecular flexibility index (Phi) is 9.63. The van der Waals surface area contributed by atoms with Gasteiger partial charge in [0, 0.05) is 18.0 Å². The molecule has 1 aromatic heterocycles. The number of hydrogen-bond acceptors (Lipinski definition) is 2. The summed E-state index contributed by atoms with van der Waals surface area (Å²) < 4.78 is 0. The predicted molar refractivity (Wildman–Crippen MR) is 115 cm³/mol. The van der Waals surface area contributed by atoms with Gasteiger partial charge in [0.05, 0.1) is 0 Å². The Labute approximate surface area is 158 Å². The fourth-order valence-electron chi connectivity index (χ4n) is 2.20. The Morgan fingerprint density at radius 3 is 1.46 bits per heavy atom. The van der Waals surface area contributed by atoms with Gasteiger partial charge in [-0.3, -0.25) is 0 Å². The van der Waals surface area contributed by atoms with Crippen molar-refractivity contribution in [3.63, 3.8) is 0 Å². The maximum absolute atomic E-state index is 4.24. The van der Waals surface area contributed by atoms with Crippen LogP contribution in [0.5, 0.6) is 0 Å². The van der Waals surface area contributed by atoms with Gasteiger partial charge in [-0.05, 0) is 30.5 Å². The summed E-state index contributed by atoms with van der Waals surface area (Å²) in [7, 11) is 0. The average molecular weight is 347 g/mol. The molecule has 0 saturated carbocycles. The second kappa shape index (κ2) is 11.8. The third-order valence-corrected chi connectivity index (χ3v) is 3.57. The summed E-state index contributed by atoms with van der Waals surface area (Å²) in [5.74, 6) is 0.793. The molecule has 0 fully saturated rings. The third-order valence-electron chi connectivity index (χ3n) is 3.57. The van der Waals surface area contributed by atoms with Gasteiger partial charge in [0.15, 0.2) is 0 Å². The van der Waals surface area contributed by atoms with Crippen molar-refractivity contribution in [3.8, 4) is 11.1 Å². The fraction of sp³-hybridized carbons (Fsp3) is 0.250. The smallest absolute Gasteiger partial charge is 0.125 e. The molecule has 0 N–H and O–H groups in total. The van der Waals surface area contributed by atoms with Crippen molar-refractivity contribution in [2.45, 2.75) is 41.5 Å². The topological polar surface area (TPSA) is 25.8 Å². The van der Waals surface area contributed by atoms with E-state index in [9.17, 15) is 0 Å². The van der Waals surface area contributed by atoms with Crippen molar-refractivity contribution in [2.24, 2.45) is 0 Å². The first-order valence-corrected chi connectivity index (χ1v) is 9.34. The van der Waals surface area contributed by atoms with Gasteiger partial charge in [-0.15, -0.1) is 0 Å². The summed E-state index contributed by atoms with van der Waals surface area (Å²) in [6.45, 7) is 12.0. The van der Waals surface area contributed by atoms with Crippen LogP contribution in [0.25, 0.3) is 23.3 Å². The van der Waals surface area contributed by atoms with Crippen molar-refractivity contribution in [1.29, 1.82) is 0 Å². The van der Waals surface area contributed by atoms with Crippen LogP contribution in [0, 0.1) is 13.8 Å². The van der Waals surface area contributed by atoms with Crippen LogP contribution in [0.2, 0.25) is 0 Å². The summed E-state index contributed by atoms with van der Waals surface area (Å²) in [6.07, 6.45) is 7.97. The van der Waals surface area contributed by atoms with E-state index >= 15 is 0 Å². The van der Waals surface area contributed by atoms with E-state index in [0.717, 1.165) is 17.0 Å². The normalized spacial score (nSPS) is 9.77. The van der Waals surface area contributed by atoms with Crippen LogP contribution in [-0.2, 0) is 0 Å². The highest BCUT2D eigenvalue weighted by atomic mass is 14.8. The minimum atomic E-state index is 0.793. The summed E-state index contributed by atoms with van der Waals surface area (Å²) in [5, 5.41) is 0. The molecule has 136 valence electrons. The molecular weight excluding hydrogens is 316 g/mol. The standard InChI is InChI=1S/C20H18N2.2C2H6/c1-15-3-5-17(6-4-15)7-8-18-9-11-19(12-10-18)20-13-21-16(2)22-14-20;2*1-2/h3-14H,1-2H3;2*1-2H3/b8-7+;;. The fourth-order valence-corrected chi connectivity index (χ4v) is 2.20. The Morgan fingerprint density at radius 2 is 1.00 bits per heavy atom. The van der Waals surface area contributed by atoms with Gasteiger partial charge < -0.3 is 0 Å². The lowest BCUT2D eigenvalue weighted by atomic mass is 10.1. The molecule has 0 aliphatic heterocycles.